The van der Waals surface area contributed by atoms with Gasteiger partial charge in [0.2, 0.25) is 0 Å². The minimum absolute atomic E-state index is 0.226. The Morgan fingerprint density at radius 3 is 2.47 bits per heavy atom. The molecule has 2 N–H and O–H groups in total. The average molecular weight is 284 g/mol. The van der Waals surface area contributed by atoms with Crippen LogP contribution in [0.25, 0.3) is 0 Å². The number of hydrogen-bond donors (Lipinski definition) is 2. The fraction of sp³-hybridized carbons (Fsp3) is 0.571. The summed E-state index contributed by atoms with van der Waals surface area (Å²) in [6.45, 7) is 8.84. The topological polar surface area (TPSA) is 54.0 Å². The summed E-state index contributed by atoms with van der Waals surface area (Å²) in [7, 11) is 0. The van der Waals surface area contributed by atoms with E-state index in [1.54, 1.807) is 12.1 Å². The number of anilines is 1. The number of nitrogens with zero attached hydrogens (tertiary/aromatic N) is 1. The molecule has 0 bridgehead atoms. The molecule has 1 rings (SSSR count). The van der Waals surface area contributed by atoms with Crippen LogP contribution in [0.4, 0.5) is 5.82 Å². The Kier molecular flexibility index (Phi) is 5.60. The highest BCUT2D eigenvalue weighted by molar-refractivity contribution is 6.33. The van der Waals surface area contributed by atoms with Crippen molar-refractivity contribution < 1.29 is 4.79 Å². The van der Waals surface area contributed by atoms with Crippen LogP contribution in [0, 0.1) is 0 Å². The molecule has 1 heterocycles. The summed E-state index contributed by atoms with van der Waals surface area (Å²) in [6, 6.07) is 3.46. The minimum atomic E-state index is -0.226. The molecule has 106 valence electrons. The lowest BCUT2D eigenvalue weighted by Crippen LogP contribution is -2.45. The van der Waals surface area contributed by atoms with Crippen LogP contribution in [-0.2, 0) is 0 Å². The normalized spacial score (nSPS) is 11.2. The summed E-state index contributed by atoms with van der Waals surface area (Å²) in [5.41, 5.74) is 0.0456. The Hall–Kier alpha value is -1.29. The van der Waals surface area contributed by atoms with Crippen LogP contribution in [0.5, 0.6) is 0 Å². The molecule has 0 aliphatic rings. The summed E-state index contributed by atoms with van der Waals surface area (Å²) in [6.07, 6.45) is 1.72. The van der Waals surface area contributed by atoms with Gasteiger partial charge in [0.15, 0.2) is 0 Å². The van der Waals surface area contributed by atoms with Crippen molar-refractivity contribution in [1.29, 1.82) is 0 Å². The van der Waals surface area contributed by atoms with E-state index in [2.05, 4.69) is 15.6 Å². The maximum absolute atomic E-state index is 12.3. The molecule has 0 aliphatic heterocycles. The minimum Gasteiger partial charge on any atom is -0.370 e. The number of hydrogen-bond acceptors (Lipinski definition) is 3. The summed E-state index contributed by atoms with van der Waals surface area (Å²) in [5.74, 6) is 0.433. The fourth-order valence-corrected chi connectivity index (χ4v) is 1.83. The van der Waals surface area contributed by atoms with Gasteiger partial charge in [0.05, 0.1) is 5.02 Å². The number of carbonyl (C=O) groups excluding carboxylic acids is 1. The van der Waals surface area contributed by atoms with Crippen molar-refractivity contribution >= 4 is 23.3 Å². The molecule has 0 unspecified atom stereocenters. The third kappa shape index (κ3) is 4.10. The molecule has 1 aromatic heterocycles. The monoisotopic (exact) mass is 283 g/mol. The average Bonchev–Trinajstić information content (AvgIpc) is 2.41. The van der Waals surface area contributed by atoms with Gasteiger partial charge in [-0.1, -0.05) is 25.4 Å². The summed E-state index contributed by atoms with van der Waals surface area (Å²) in [5, 5.41) is 6.45. The van der Waals surface area contributed by atoms with Crippen molar-refractivity contribution in [1.82, 2.24) is 10.3 Å². The highest BCUT2D eigenvalue weighted by atomic mass is 35.5. The molecular formula is C14H22ClN3O. The van der Waals surface area contributed by atoms with Crippen LogP contribution >= 0.6 is 11.6 Å². The van der Waals surface area contributed by atoms with E-state index in [-0.39, 0.29) is 17.1 Å². The van der Waals surface area contributed by atoms with Crippen LogP contribution in [0.3, 0.4) is 0 Å². The van der Waals surface area contributed by atoms with Gasteiger partial charge in [-0.05, 0) is 38.8 Å². The lowest BCUT2D eigenvalue weighted by molar-refractivity contribution is 0.0896. The Bertz CT molecular complexity index is 444. The first-order valence-corrected chi connectivity index (χ1v) is 7.06. The quantitative estimate of drug-likeness (QED) is 0.840. The van der Waals surface area contributed by atoms with E-state index in [0.29, 0.717) is 10.8 Å². The Morgan fingerprint density at radius 2 is 1.95 bits per heavy atom. The van der Waals surface area contributed by atoms with Gasteiger partial charge in [0.25, 0.3) is 5.91 Å². The first kappa shape index (κ1) is 15.8. The van der Waals surface area contributed by atoms with Crippen LogP contribution in [0.1, 0.15) is 51.0 Å². The summed E-state index contributed by atoms with van der Waals surface area (Å²) < 4.78 is 0. The molecule has 0 saturated carbocycles. The molecule has 0 aromatic carbocycles. The second-order valence-corrected chi connectivity index (χ2v) is 5.19. The molecule has 0 spiro atoms. The molecular weight excluding hydrogens is 262 g/mol. The lowest BCUT2D eigenvalue weighted by atomic mass is 9.95. The highest BCUT2D eigenvalue weighted by Gasteiger charge is 2.24. The van der Waals surface area contributed by atoms with Crippen LogP contribution < -0.4 is 10.6 Å². The van der Waals surface area contributed by atoms with Crippen molar-refractivity contribution in [2.75, 3.05) is 11.9 Å². The summed E-state index contributed by atoms with van der Waals surface area (Å²) in [4.78, 5) is 16.5. The third-order valence-corrected chi connectivity index (χ3v) is 3.70. The van der Waals surface area contributed by atoms with E-state index in [1.807, 2.05) is 27.7 Å². The number of amides is 1. The third-order valence-electron chi connectivity index (χ3n) is 3.39. The zero-order valence-corrected chi connectivity index (χ0v) is 12.8. The van der Waals surface area contributed by atoms with Gasteiger partial charge in [-0.15, -0.1) is 0 Å². The number of nitrogens with one attached hydrogen (secondary N) is 2. The Morgan fingerprint density at radius 1 is 1.32 bits per heavy atom. The number of rotatable bonds is 6. The standard InChI is InChI=1S/C14H22ClN3O/c1-5-14(4,6-2)18-13(19)12-10(15)8-9-11(17-12)16-7-3/h8-9H,5-7H2,1-4H3,(H,16,17)(H,18,19). The van der Waals surface area contributed by atoms with E-state index < -0.39 is 0 Å². The molecule has 5 heteroatoms. The first-order valence-electron chi connectivity index (χ1n) is 6.68. The molecule has 1 aromatic rings. The smallest absolute Gasteiger partial charge is 0.271 e. The van der Waals surface area contributed by atoms with Gasteiger partial charge in [-0.25, -0.2) is 4.98 Å². The van der Waals surface area contributed by atoms with Gasteiger partial charge in [-0.3, -0.25) is 4.79 Å². The molecule has 0 atom stereocenters. The molecule has 0 fully saturated rings. The molecule has 0 saturated heterocycles. The van der Waals surface area contributed by atoms with Crippen LogP contribution in [0.15, 0.2) is 12.1 Å². The van der Waals surface area contributed by atoms with Crippen LogP contribution in [-0.4, -0.2) is 23.0 Å². The summed E-state index contributed by atoms with van der Waals surface area (Å²) >= 11 is 6.06. The van der Waals surface area contributed by atoms with Gasteiger partial charge in [0.1, 0.15) is 11.5 Å². The number of pyridine rings is 1. The zero-order chi connectivity index (χ0) is 14.5. The maximum atomic E-state index is 12.3. The second-order valence-electron chi connectivity index (χ2n) is 4.78. The first-order chi connectivity index (χ1) is 8.95. The van der Waals surface area contributed by atoms with Crippen molar-refractivity contribution in [3.63, 3.8) is 0 Å². The maximum Gasteiger partial charge on any atom is 0.271 e. The largest absolute Gasteiger partial charge is 0.370 e. The Labute approximate surface area is 120 Å². The van der Waals surface area contributed by atoms with Crippen molar-refractivity contribution in [2.24, 2.45) is 0 Å². The van der Waals surface area contributed by atoms with E-state index >= 15 is 0 Å². The molecule has 4 nitrogen and oxygen atoms in total. The van der Waals surface area contributed by atoms with Gasteiger partial charge < -0.3 is 10.6 Å². The van der Waals surface area contributed by atoms with Crippen molar-refractivity contribution in [2.45, 2.75) is 46.1 Å². The van der Waals surface area contributed by atoms with Crippen molar-refractivity contribution in [3.8, 4) is 0 Å². The molecule has 0 radical (unpaired) electrons. The molecule has 0 aliphatic carbocycles. The van der Waals surface area contributed by atoms with E-state index in [4.69, 9.17) is 11.6 Å². The predicted octanol–water partition coefficient (Wildman–Crippen LogP) is 3.48. The molecule has 1 amide bonds. The van der Waals surface area contributed by atoms with Gasteiger partial charge in [0, 0.05) is 12.1 Å². The highest BCUT2D eigenvalue weighted by Crippen LogP contribution is 2.19. The van der Waals surface area contributed by atoms with E-state index in [1.165, 1.54) is 0 Å². The second kappa shape index (κ2) is 6.75. The van der Waals surface area contributed by atoms with E-state index in [9.17, 15) is 4.79 Å². The van der Waals surface area contributed by atoms with Gasteiger partial charge >= 0.3 is 0 Å². The van der Waals surface area contributed by atoms with Crippen molar-refractivity contribution in [3.05, 3.63) is 22.8 Å². The lowest BCUT2D eigenvalue weighted by Gasteiger charge is -2.28. The van der Waals surface area contributed by atoms with Crippen LogP contribution in [0.2, 0.25) is 5.02 Å². The fourth-order valence-electron chi connectivity index (χ4n) is 1.64. The number of carbonyl (C=O) groups is 1. The van der Waals surface area contributed by atoms with Gasteiger partial charge in [-0.2, -0.15) is 0 Å². The number of aromatic nitrogens is 1. The van der Waals surface area contributed by atoms with E-state index in [0.717, 1.165) is 19.4 Å². The predicted molar refractivity (Wildman–Crippen MR) is 79.9 cm³/mol. The SMILES string of the molecule is CCNc1ccc(Cl)c(C(=O)NC(C)(CC)CC)n1. The molecule has 19 heavy (non-hydrogen) atoms. The Balaban J connectivity index is 2.95. The number of halogens is 1. The zero-order valence-electron chi connectivity index (χ0n) is 12.0.